The van der Waals surface area contributed by atoms with Gasteiger partial charge < -0.3 is 14.4 Å². The summed E-state index contributed by atoms with van der Waals surface area (Å²) < 4.78 is 21.6. The fourth-order valence-corrected chi connectivity index (χ4v) is 4.73. The van der Waals surface area contributed by atoms with Crippen molar-refractivity contribution in [3.8, 4) is 11.8 Å². The minimum absolute atomic E-state index is 0.0380. The number of nitrogens with zero attached hydrogens (tertiary/aromatic N) is 4. The van der Waals surface area contributed by atoms with Gasteiger partial charge in [-0.25, -0.2) is 9.40 Å². The quantitative estimate of drug-likeness (QED) is 0.453. The number of fused-ring (bicyclic) bond motifs is 1. The predicted molar refractivity (Wildman–Crippen MR) is 140 cm³/mol. The lowest BCUT2D eigenvalue weighted by Gasteiger charge is -2.35. The van der Waals surface area contributed by atoms with E-state index in [9.17, 15) is 19.1 Å². The van der Waals surface area contributed by atoms with Crippen molar-refractivity contribution < 1.29 is 19.0 Å². The number of aliphatic hydroxyl groups is 1. The Labute approximate surface area is 223 Å². The van der Waals surface area contributed by atoms with Crippen LogP contribution in [-0.4, -0.2) is 70.9 Å². The summed E-state index contributed by atoms with van der Waals surface area (Å²) in [6.07, 6.45) is 2.67. The Morgan fingerprint density at radius 3 is 2.58 bits per heavy atom. The Morgan fingerprint density at radius 1 is 1.21 bits per heavy atom. The molecule has 0 bridgehead atoms. The fraction of sp³-hybridized carbons (Fsp3) is 0.370. The highest BCUT2D eigenvalue weighted by Gasteiger charge is 2.28. The van der Waals surface area contributed by atoms with Crippen LogP contribution < -0.4 is 15.6 Å². The number of rotatable bonds is 8. The zero-order chi connectivity index (χ0) is 26.8. The molecule has 198 valence electrons. The Kier molecular flexibility index (Phi) is 7.63. The first-order chi connectivity index (χ1) is 18.3. The number of amides is 1. The van der Waals surface area contributed by atoms with Crippen LogP contribution in [0.1, 0.15) is 34.8 Å². The molecule has 1 saturated heterocycles. The molecule has 9 nitrogen and oxygen atoms in total. The molecule has 5 rings (SSSR count). The van der Waals surface area contributed by atoms with E-state index in [0.717, 1.165) is 18.9 Å². The maximum Gasteiger partial charge on any atom is 0.271 e. The Balaban J connectivity index is 1.16. The standard InChI is InChI=1S/C27H27ClFN5O4/c28-23-12-25-21(11-24(23)29)26(36)22(15-34(25)18-3-4-18)27(37)31-33-9-7-32(8-10-33)14-19(35)16-38-20-5-1-17(13-30)2-6-20/h1-2,5-6,11-12,15,18-19,35H,3-4,7-10,14,16H2,(H,31,37)/t19-/m1/s1. The summed E-state index contributed by atoms with van der Waals surface area (Å²) in [5, 5.41) is 21.1. The molecule has 38 heavy (non-hydrogen) atoms. The number of pyridine rings is 1. The Bertz CT molecular complexity index is 1440. The summed E-state index contributed by atoms with van der Waals surface area (Å²) in [6, 6.07) is 11.4. The zero-order valence-corrected chi connectivity index (χ0v) is 21.3. The van der Waals surface area contributed by atoms with Gasteiger partial charge in [-0.15, -0.1) is 0 Å². The summed E-state index contributed by atoms with van der Waals surface area (Å²) in [5.41, 5.74) is 3.30. The summed E-state index contributed by atoms with van der Waals surface area (Å²) in [6.45, 7) is 2.73. The van der Waals surface area contributed by atoms with Crippen LogP contribution in [0.2, 0.25) is 5.02 Å². The van der Waals surface area contributed by atoms with E-state index < -0.39 is 23.3 Å². The van der Waals surface area contributed by atoms with Crippen LogP contribution in [0.15, 0.2) is 47.4 Å². The monoisotopic (exact) mass is 539 g/mol. The maximum absolute atomic E-state index is 14.1. The molecule has 11 heteroatoms. The minimum atomic E-state index is -0.709. The maximum atomic E-state index is 14.1. The van der Waals surface area contributed by atoms with Gasteiger partial charge in [-0.3, -0.25) is 19.9 Å². The van der Waals surface area contributed by atoms with Gasteiger partial charge >= 0.3 is 0 Å². The number of hydrazine groups is 1. The molecule has 2 N–H and O–H groups in total. The molecule has 1 aromatic heterocycles. The average Bonchev–Trinajstić information content (AvgIpc) is 3.76. The van der Waals surface area contributed by atoms with Gasteiger partial charge in [0.25, 0.3) is 5.91 Å². The third-order valence-corrected chi connectivity index (χ3v) is 7.08. The molecule has 2 aliphatic rings. The van der Waals surface area contributed by atoms with Crippen molar-refractivity contribution >= 4 is 28.4 Å². The highest BCUT2D eigenvalue weighted by molar-refractivity contribution is 6.31. The van der Waals surface area contributed by atoms with Crippen molar-refractivity contribution in [3.05, 3.63) is 74.8 Å². The number of carbonyl (C=O) groups is 1. The van der Waals surface area contributed by atoms with Crippen molar-refractivity contribution in [1.82, 2.24) is 19.9 Å². The predicted octanol–water partition coefficient (Wildman–Crippen LogP) is 2.70. The number of hydrogen-bond acceptors (Lipinski definition) is 7. The summed E-state index contributed by atoms with van der Waals surface area (Å²) in [4.78, 5) is 28.2. The fourth-order valence-electron chi connectivity index (χ4n) is 4.58. The summed E-state index contributed by atoms with van der Waals surface area (Å²) >= 11 is 5.95. The molecule has 1 atom stereocenters. The van der Waals surface area contributed by atoms with Crippen molar-refractivity contribution in [1.29, 1.82) is 5.26 Å². The van der Waals surface area contributed by atoms with Gasteiger partial charge in [-0.05, 0) is 49.2 Å². The third kappa shape index (κ3) is 5.81. The Morgan fingerprint density at radius 2 is 1.92 bits per heavy atom. The second-order valence-electron chi connectivity index (χ2n) is 9.62. The van der Waals surface area contributed by atoms with Crippen LogP contribution in [0.25, 0.3) is 10.9 Å². The van der Waals surface area contributed by atoms with Gasteiger partial charge in [-0.2, -0.15) is 5.26 Å². The molecule has 2 heterocycles. The van der Waals surface area contributed by atoms with Gasteiger partial charge in [0.15, 0.2) is 0 Å². The smallest absolute Gasteiger partial charge is 0.271 e. The van der Waals surface area contributed by atoms with E-state index in [2.05, 4.69) is 10.3 Å². The molecule has 3 aromatic rings. The number of aliphatic hydroxyl groups excluding tert-OH is 1. The molecule has 0 spiro atoms. The van der Waals surface area contributed by atoms with E-state index in [1.807, 2.05) is 10.6 Å². The number of ether oxygens (including phenoxy) is 1. The van der Waals surface area contributed by atoms with Crippen molar-refractivity contribution in [2.24, 2.45) is 0 Å². The highest BCUT2D eigenvalue weighted by atomic mass is 35.5. The van der Waals surface area contributed by atoms with Crippen LogP contribution in [0.4, 0.5) is 4.39 Å². The van der Waals surface area contributed by atoms with Crippen LogP contribution in [0, 0.1) is 17.1 Å². The van der Waals surface area contributed by atoms with E-state index in [-0.39, 0.29) is 28.6 Å². The number of benzene rings is 2. The SMILES string of the molecule is N#Cc1ccc(OC[C@H](O)CN2CCN(NC(=O)c3cn(C4CC4)c4cc(Cl)c(F)cc4c3=O)CC2)cc1. The molecule has 1 aliphatic carbocycles. The van der Waals surface area contributed by atoms with Crippen LogP contribution in [0.5, 0.6) is 5.75 Å². The first-order valence-electron chi connectivity index (χ1n) is 12.5. The van der Waals surface area contributed by atoms with Crippen molar-refractivity contribution in [2.75, 3.05) is 39.3 Å². The molecular formula is C27H27ClFN5O4. The topological polar surface area (TPSA) is 111 Å². The minimum Gasteiger partial charge on any atom is -0.491 e. The second-order valence-corrected chi connectivity index (χ2v) is 10.0. The number of carbonyl (C=O) groups excluding carboxylic acids is 1. The zero-order valence-electron chi connectivity index (χ0n) is 20.6. The lowest BCUT2D eigenvalue weighted by molar-refractivity contribution is 0.0316. The average molecular weight is 540 g/mol. The third-order valence-electron chi connectivity index (χ3n) is 6.79. The van der Waals surface area contributed by atoms with E-state index in [1.165, 1.54) is 6.07 Å². The van der Waals surface area contributed by atoms with Crippen LogP contribution in [0.3, 0.4) is 0 Å². The first kappa shape index (κ1) is 26.1. The molecule has 2 fully saturated rings. The lowest BCUT2D eigenvalue weighted by atomic mass is 10.1. The second kappa shape index (κ2) is 11.1. The normalized spacial score (nSPS) is 17.2. The van der Waals surface area contributed by atoms with E-state index in [4.69, 9.17) is 21.6 Å². The largest absolute Gasteiger partial charge is 0.491 e. The van der Waals surface area contributed by atoms with Gasteiger partial charge in [0, 0.05) is 50.3 Å². The van der Waals surface area contributed by atoms with Crippen LogP contribution in [-0.2, 0) is 0 Å². The van der Waals surface area contributed by atoms with Gasteiger partial charge in [0.05, 0.1) is 22.2 Å². The molecule has 1 amide bonds. The number of piperazine rings is 1. The van der Waals surface area contributed by atoms with E-state index in [0.29, 0.717) is 49.6 Å². The number of nitrogens with one attached hydrogen (secondary N) is 1. The molecule has 2 aromatic carbocycles. The summed E-state index contributed by atoms with van der Waals surface area (Å²) in [7, 11) is 0. The van der Waals surface area contributed by atoms with E-state index >= 15 is 0 Å². The van der Waals surface area contributed by atoms with Crippen molar-refractivity contribution in [3.63, 3.8) is 0 Å². The molecule has 0 radical (unpaired) electrons. The molecule has 1 aliphatic heterocycles. The van der Waals surface area contributed by atoms with Gasteiger partial charge in [0.2, 0.25) is 5.43 Å². The van der Waals surface area contributed by atoms with Crippen molar-refractivity contribution in [2.45, 2.75) is 25.0 Å². The lowest BCUT2D eigenvalue weighted by Crippen LogP contribution is -2.55. The summed E-state index contributed by atoms with van der Waals surface area (Å²) in [5.74, 6) is -0.654. The van der Waals surface area contributed by atoms with Crippen LogP contribution >= 0.6 is 11.6 Å². The van der Waals surface area contributed by atoms with Gasteiger partial charge in [0.1, 0.15) is 29.8 Å². The number of aromatic nitrogens is 1. The number of halogens is 2. The van der Waals surface area contributed by atoms with E-state index in [1.54, 1.807) is 35.5 Å². The Hall–Kier alpha value is -3.49. The number of nitriles is 1. The van der Waals surface area contributed by atoms with Gasteiger partial charge in [-0.1, -0.05) is 11.6 Å². The molecule has 0 unspecified atom stereocenters. The molecular weight excluding hydrogens is 513 g/mol. The number of hydrogen-bond donors (Lipinski definition) is 2. The first-order valence-corrected chi connectivity index (χ1v) is 12.8. The highest BCUT2D eigenvalue weighted by Crippen LogP contribution is 2.37. The molecule has 1 saturated carbocycles. The number of β-amino-alcohol motifs (C(OH)–C–C–N with tert-alkyl or cyclic N) is 1.